The van der Waals surface area contributed by atoms with Crippen molar-refractivity contribution in [3.8, 4) is 0 Å². The summed E-state index contributed by atoms with van der Waals surface area (Å²) < 4.78 is 0. The lowest BCUT2D eigenvalue weighted by Crippen LogP contribution is -2.31. The van der Waals surface area contributed by atoms with Crippen molar-refractivity contribution >= 4 is 5.91 Å². The van der Waals surface area contributed by atoms with Crippen LogP contribution in [-0.2, 0) is 11.3 Å². The summed E-state index contributed by atoms with van der Waals surface area (Å²) in [5.41, 5.74) is 1.26. The molecule has 2 aliphatic rings. The Bertz CT molecular complexity index is 504. The van der Waals surface area contributed by atoms with E-state index >= 15 is 0 Å². The molecule has 1 aromatic rings. The van der Waals surface area contributed by atoms with Gasteiger partial charge >= 0.3 is 0 Å². The lowest BCUT2D eigenvalue weighted by molar-refractivity contribution is -0.132. The Morgan fingerprint density at radius 1 is 1.52 bits per heavy atom. The molecular weight excluding hydrogens is 262 g/mol. The van der Waals surface area contributed by atoms with E-state index in [9.17, 15) is 4.79 Å². The Morgan fingerprint density at radius 2 is 2.38 bits per heavy atom. The lowest BCUT2D eigenvalue weighted by Gasteiger charge is -2.19. The topological polar surface area (TPSA) is 36.4 Å². The molecule has 1 aliphatic carbocycles. The van der Waals surface area contributed by atoms with E-state index in [1.54, 1.807) is 6.20 Å². The first-order valence-electron chi connectivity index (χ1n) is 8.02. The van der Waals surface area contributed by atoms with Crippen molar-refractivity contribution in [1.82, 2.24) is 14.8 Å². The Hall–Kier alpha value is -1.42. The number of hydrogen-bond acceptors (Lipinski definition) is 3. The zero-order valence-electron chi connectivity index (χ0n) is 13.1. The molecule has 1 aliphatic heterocycles. The highest BCUT2D eigenvalue weighted by Crippen LogP contribution is 2.59. The molecule has 0 aromatic carbocycles. The van der Waals surface area contributed by atoms with E-state index in [2.05, 4.69) is 16.8 Å². The number of amides is 1. The predicted octanol–water partition coefficient (Wildman–Crippen LogP) is 2.16. The SMILES string of the molecule is CCCN1CCC2(CC2C(=O)N(C)Cc2ccccn2)C1. The molecule has 0 radical (unpaired) electrons. The van der Waals surface area contributed by atoms with Crippen molar-refractivity contribution in [2.45, 2.75) is 32.7 Å². The molecule has 3 rings (SSSR count). The van der Waals surface area contributed by atoms with Crippen LogP contribution < -0.4 is 0 Å². The predicted molar refractivity (Wildman–Crippen MR) is 82.6 cm³/mol. The van der Waals surface area contributed by atoms with E-state index in [0.717, 1.165) is 18.7 Å². The van der Waals surface area contributed by atoms with Gasteiger partial charge in [-0.25, -0.2) is 0 Å². The van der Waals surface area contributed by atoms with Crippen LogP contribution >= 0.6 is 0 Å². The second-order valence-electron chi connectivity index (χ2n) is 6.66. The highest BCUT2D eigenvalue weighted by atomic mass is 16.2. The second-order valence-corrected chi connectivity index (χ2v) is 6.66. The quantitative estimate of drug-likeness (QED) is 0.832. The van der Waals surface area contributed by atoms with Gasteiger partial charge in [0.05, 0.1) is 12.2 Å². The Morgan fingerprint density at radius 3 is 3.10 bits per heavy atom. The average Bonchev–Trinajstić information content (AvgIpc) is 3.04. The van der Waals surface area contributed by atoms with Gasteiger partial charge in [0.25, 0.3) is 0 Å². The third-order valence-corrected chi connectivity index (χ3v) is 4.99. The summed E-state index contributed by atoms with van der Waals surface area (Å²) in [6.07, 6.45) is 5.26. The number of carbonyl (C=O) groups is 1. The minimum absolute atomic E-state index is 0.244. The van der Waals surface area contributed by atoms with Crippen molar-refractivity contribution in [3.63, 3.8) is 0 Å². The number of likely N-dealkylation sites (tertiary alicyclic amines) is 1. The summed E-state index contributed by atoms with van der Waals surface area (Å²) in [4.78, 5) is 21.3. The number of aromatic nitrogens is 1. The largest absolute Gasteiger partial charge is 0.340 e. The molecule has 1 aromatic heterocycles. The van der Waals surface area contributed by atoms with Gasteiger partial charge in [0.15, 0.2) is 0 Å². The number of nitrogens with zero attached hydrogens (tertiary/aromatic N) is 3. The van der Waals surface area contributed by atoms with Crippen molar-refractivity contribution < 1.29 is 4.79 Å². The molecule has 0 bridgehead atoms. The standard InChI is InChI=1S/C17H25N3O/c1-3-9-20-10-7-17(13-20)11-15(17)16(21)19(2)12-14-6-4-5-8-18-14/h4-6,8,15H,3,7,9-13H2,1-2H3. The van der Waals surface area contributed by atoms with Crippen LogP contribution in [0.1, 0.15) is 31.9 Å². The molecule has 2 heterocycles. The molecule has 2 fully saturated rings. The number of pyridine rings is 1. The van der Waals surface area contributed by atoms with E-state index in [1.165, 1.54) is 25.9 Å². The normalized spacial score (nSPS) is 28.0. The fraction of sp³-hybridized carbons (Fsp3) is 0.647. The molecule has 1 amide bonds. The molecule has 0 N–H and O–H groups in total. The Labute approximate surface area is 127 Å². The van der Waals surface area contributed by atoms with Gasteiger partial charge in [0, 0.05) is 25.7 Å². The van der Waals surface area contributed by atoms with Crippen LogP contribution in [0, 0.1) is 11.3 Å². The Kier molecular flexibility index (Phi) is 3.98. The summed E-state index contributed by atoms with van der Waals surface area (Å²) in [5, 5.41) is 0. The summed E-state index contributed by atoms with van der Waals surface area (Å²) in [6, 6.07) is 5.85. The van der Waals surface area contributed by atoms with Crippen LogP contribution in [0.2, 0.25) is 0 Å². The van der Waals surface area contributed by atoms with Crippen LogP contribution in [0.15, 0.2) is 24.4 Å². The maximum atomic E-state index is 12.6. The number of carbonyl (C=O) groups excluding carboxylic acids is 1. The molecule has 1 saturated heterocycles. The molecule has 2 atom stereocenters. The molecule has 2 unspecified atom stereocenters. The molecule has 1 spiro atoms. The van der Waals surface area contributed by atoms with Crippen molar-refractivity contribution in [3.05, 3.63) is 30.1 Å². The molecular formula is C17H25N3O. The first kappa shape index (κ1) is 14.5. The van der Waals surface area contributed by atoms with E-state index in [-0.39, 0.29) is 5.92 Å². The average molecular weight is 287 g/mol. The van der Waals surface area contributed by atoms with Gasteiger partial charge in [-0.15, -0.1) is 0 Å². The van der Waals surface area contributed by atoms with Crippen LogP contribution in [-0.4, -0.2) is 47.4 Å². The van der Waals surface area contributed by atoms with Crippen molar-refractivity contribution in [2.24, 2.45) is 11.3 Å². The van der Waals surface area contributed by atoms with Crippen molar-refractivity contribution in [2.75, 3.05) is 26.7 Å². The van der Waals surface area contributed by atoms with Gasteiger partial charge in [0.2, 0.25) is 5.91 Å². The minimum atomic E-state index is 0.244. The molecule has 4 nitrogen and oxygen atoms in total. The zero-order chi connectivity index (χ0) is 14.9. The third kappa shape index (κ3) is 2.95. The van der Waals surface area contributed by atoms with Crippen LogP contribution in [0.3, 0.4) is 0 Å². The highest BCUT2D eigenvalue weighted by Gasteiger charge is 2.60. The summed E-state index contributed by atoms with van der Waals surface area (Å²) >= 11 is 0. The van der Waals surface area contributed by atoms with Gasteiger partial charge in [-0.05, 0) is 49.9 Å². The van der Waals surface area contributed by atoms with E-state index < -0.39 is 0 Å². The van der Waals surface area contributed by atoms with Gasteiger partial charge in [-0.2, -0.15) is 0 Å². The molecule has 114 valence electrons. The van der Waals surface area contributed by atoms with E-state index in [4.69, 9.17) is 0 Å². The van der Waals surface area contributed by atoms with Crippen molar-refractivity contribution in [1.29, 1.82) is 0 Å². The van der Waals surface area contributed by atoms with Gasteiger partial charge in [-0.3, -0.25) is 9.78 Å². The maximum Gasteiger partial charge on any atom is 0.226 e. The third-order valence-electron chi connectivity index (χ3n) is 4.99. The fourth-order valence-corrected chi connectivity index (χ4v) is 3.72. The summed E-state index contributed by atoms with van der Waals surface area (Å²) in [5.74, 6) is 0.548. The number of hydrogen-bond donors (Lipinski definition) is 0. The fourth-order valence-electron chi connectivity index (χ4n) is 3.72. The van der Waals surface area contributed by atoms with Gasteiger partial charge in [0.1, 0.15) is 0 Å². The van der Waals surface area contributed by atoms with Crippen LogP contribution in [0.25, 0.3) is 0 Å². The van der Waals surface area contributed by atoms with Crippen LogP contribution in [0.4, 0.5) is 0 Å². The van der Waals surface area contributed by atoms with E-state index in [1.807, 2.05) is 30.1 Å². The second kappa shape index (κ2) is 5.76. The first-order chi connectivity index (χ1) is 10.1. The Balaban J connectivity index is 1.55. The first-order valence-corrected chi connectivity index (χ1v) is 8.02. The van der Waals surface area contributed by atoms with Gasteiger partial charge < -0.3 is 9.80 Å². The van der Waals surface area contributed by atoms with E-state index in [0.29, 0.717) is 17.9 Å². The zero-order valence-corrected chi connectivity index (χ0v) is 13.1. The lowest BCUT2D eigenvalue weighted by atomic mass is 10.0. The summed E-state index contributed by atoms with van der Waals surface area (Å²) in [7, 11) is 1.90. The highest BCUT2D eigenvalue weighted by molar-refractivity contribution is 5.82. The number of rotatable bonds is 5. The molecule has 1 saturated carbocycles. The van der Waals surface area contributed by atoms with Crippen LogP contribution in [0.5, 0.6) is 0 Å². The monoisotopic (exact) mass is 287 g/mol. The smallest absolute Gasteiger partial charge is 0.226 e. The molecule has 21 heavy (non-hydrogen) atoms. The molecule has 4 heteroatoms. The van der Waals surface area contributed by atoms with Gasteiger partial charge in [-0.1, -0.05) is 13.0 Å². The summed E-state index contributed by atoms with van der Waals surface area (Å²) in [6.45, 7) is 6.30. The maximum absolute atomic E-state index is 12.6. The minimum Gasteiger partial charge on any atom is -0.340 e.